The van der Waals surface area contributed by atoms with E-state index in [4.69, 9.17) is 14.0 Å². The summed E-state index contributed by atoms with van der Waals surface area (Å²) in [4.78, 5) is 13.0. The average molecular weight is 171 g/mol. The first-order valence-electron chi connectivity index (χ1n) is 3.99. The lowest BCUT2D eigenvalue weighted by molar-refractivity contribution is -0.143. The standard InChI is InChI=1S/C6H10BNO4/c9-6-5-8-1-3-10-7(12-6)11-4-2-8/h1-5H2. The Morgan fingerprint density at radius 1 is 1.25 bits per heavy atom. The Labute approximate surface area is 70.7 Å². The largest absolute Gasteiger partial charge is 0.715 e. The fourth-order valence-corrected chi connectivity index (χ4v) is 1.27. The van der Waals surface area contributed by atoms with E-state index in [1.807, 2.05) is 4.90 Å². The summed E-state index contributed by atoms with van der Waals surface area (Å²) in [6, 6.07) is 0. The van der Waals surface area contributed by atoms with Gasteiger partial charge in [0.2, 0.25) is 0 Å². The van der Waals surface area contributed by atoms with Gasteiger partial charge in [0.15, 0.2) is 0 Å². The Balaban J connectivity index is 2.06. The third-order valence-corrected chi connectivity index (χ3v) is 1.90. The van der Waals surface area contributed by atoms with Crippen molar-refractivity contribution in [1.29, 1.82) is 0 Å². The summed E-state index contributed by atoms with van der Waals surface area (Å²) in [5, 5.41) is 0. The summed E-state index contributed by atoms with van der Waals surface area (Å²) < 4.78 is 15.1. The van der Waals surface area contributed by atoms with Crippen LogP contribution in [-0.4, -0.2) is 51.0 Å². The molecule has 2 bridgehead atoms. The molecule has 0 saturated carbocycles. The van der Waals surface area contributed by atoms with E-state index in [0.717, 1.165) is 13.1 Å². The third-order valence-electron chi connectivity index (χ3n) is 1.90. The van der Waals surface area contributed by atoms with E-state index >= 15 is 0 Å². The average Bonchev–Trinajstić information content (AvgIpc) is 1.91. The molecule has 66 valence electrons. The van der Waals surface area contributed by atoms with E-state index < -0.39 is 7.32 Å². The van der Waals surface area contributed by atoms with E-state index in [0.29, 0.717) is 19.8 Å². The molecule has 3 heterocycles. The summed E-state index contributed by atoms with van der Waals surface area (Å²) >= 11 is 0. The molecule has 0 aromatic carbocycles. The van der Waals surface area contributed by atoms with Gasteiger partial charge in [0.05, 0.1) is 6.54 Å². The van der Waals surface area contributed by atoms with Gasteiger partial charge in [0.1, 0.15) is 0 Å². The van der Waals surface area contributed by atoms with Crippen molar-refractivity contribution >= 4 is 13.3 Å². The molecule has 3 saturated heterocycles. The topological polar surface area (TPSA) is 48.0 Å². The van der Waals surface area contributed by atoms with Crippen LogP contribution in [0.5, 0.6) is 0 Å². The van der Waals surface area contributed by atoms with Gasteiger partial charge < -0.3 is 14.0 Å². The molecule has 0 radical (unpaired) electrons. The number of rotatable bonds is 0. The lowest BCUT2D eigenvalue weighted by atomic mass is 10.2. The van der Waals surface area contributed by atoms with Crippen LogP contribution < -0.4 is 0 Å². The van der Waals surface area contributed by atoms with E-state index in [-0.39, 0.29) is 5.97 Å². The molecule has 0 aromatic heterocycles. The fourth-order valence-electron chi connectivity index (χ4n) is 1.27. The molecule has 0 aliphatic carbocycles. The number of nitrogens with zero attached hydrogens (tertiary/aromatic N) is 1. The number of hydrogen-bond donors (Lipinski definition) is 0. The van der Waals surface area contributed by atoms with Gasteiger partial charge >= 0.3 is 13.3 Å². The summed E-state index contributed by atoms with van der Waals surface area (Å²) in [6.07, 6.45) is 0. The van der Waals surface area contributed by atoms with Gasteiger partial charge in [-0.15, -0.1) is 0 Å². The molecule has 0 atom stereocenters. The maximum atomic E-state index is 11.0. The van der Waals surface area contributed by atoms with Crippen molar-refractivity contribution in [3.63, 3.8) is 0 Å². The fraction of sp³-hybridized carbons (Fsp3) is 0.833. The summed E-state index contributed by atoms with van der Waals surface area (Å²) in [6.45, 7) is 3.00. The highest BCUT2D eigenvalue weighted by Gasteiger charge is 2.32. The monoisotopic (exact) mass is 171 g/mol. The molecule has 0 spiro atoms. The van der Waals surface area contributed by atoms with E-state index in [1.165, 1.54) is 0 Å². The van der Waals surface area contributed by atoms with Crippen molar-refractivity contribution in [2.24, 2.45) is 0 Å². The van der Waals surface area contributed by atoms with Crippen molar-refractivity contribution in [2.45, 2.75) is 0 Å². The maximum absolute atomic E-state index is 11.0. The molecular formula is C6H10BNO4. The quantitative estimate of drug-likeness (QED) is 0.432. The Morgan fingerprint density at radius 2 is 1.92 bits per heavy atom. The lowest BCUT2D eigenvalue weighted by Crippen LogP contribution is -2.47. The molecule has 6 heteroatoms. The van der Waals surface area contributed by atoms with Crippen molar-refractivity contribution in [2.75, 3.05) is 32.8 Å². The van der Waals surface area contributed by atoms with Crippen LogP contribution in [0.1, 0.15) is 0 Å². The van der Waals surface area contributed by atoms with Gasteiger partial charge in [-0.25, -0.2) is 0 Å². The van der Waals surface area contributed by atoms with Crippen LogP contribution in [0, 0.1) is 0 Å². The van der Waals surface area contributed by atoms with E-state index in [1.54, 1.807) is 0 Å². The SMILES string of the molecule is O=C1CN2CCOB(OCC2)O1. The first-order chi connectivity index (χ1) is 5.84. The normalized spacial score (nSPS) is 26.0. The van der Waals surface area contributed by atoms with Crippen LogP contribution in [0.25, 0.3) is 0 Å². The van der Waals surface area contributed by atoms with Crippen molar-refractivity contribution in [3.8, 4) is 0 Å². The summed E-state index contributed by atoms with van der Waals surface area (Å²) in [7, 11) is -0.778. The molecule has 0 N–H and O–H groups in total. The van der Waals surface area contributed by atoms with Crippen molar-refractivity contribution in [3.05, 3.63) is 0 Å². The number of hydrogen-bond acceptors (Lipinski definition) is 5. The molecule has 5 nitrogen and oxygen atoms in total. The highest BCUT2D eigenvalue weighted by atomic mass is 16.7. The van der Waals surface area contributed by atoms with Gasteiger partial charge in [-0.05, 0) is 0 Å². The summed E-state index contributed by atoms with van der Waals surface area (Å²) in [5.74, 6) is -0.278. The molecule has 3 aliphatic rings. The molecule has 0 unspecified atom stereocenters. The van der Waals surface area contributed by atoms with Crippen LogP contribution in [0.15, 0.2) is 0 Å². The Morgan fingerprint density at radius 3 is 2.58 bits per heavy atom. The molecular weight excluding hydrogens is 161 g/mol. The third kappa shape index (κ3) is 1.77. The van der Waals surface area contributed by atoms with Crippen LogP contribution in [0.2, 0.25) is 0 Å². The van der Waals surface area contributed by atoms with Gasteiger partial charge in [0.25, 0.3) is 0 Å². The van der Waals surface area contributed by atoms with E-state index in [2.05, 4.69) is 0 Å². The van der Waals surface area contributed by atoms with Crippen LogP contribution >= 0.6 is 0 Å². The Kier molecular flexibility index (Phi) is 2.29. The second kappa shape index (κ2) is 3.43. The van der Waals surface area contributed by atoms with Crippen molar-refractivity contribution < 1.29 is 18.8 Å². The zero-order valence-corrected chi connectivity index (χ0v) is 6.69. The van der Waals surface area contributed by atoms with Crippen LogP contribution in [0.4, 0.5) is 0 Å². The predicted octanol–water partition coefficient (Wildman–Crippen LogP) is -1.12. The Hall–Kier alpha value is -0.585. The first-order valence-corrected chi connectivity index (χ1v) is 3.99. The maximum Gasteiger partial charge on any atom is 0.715 e. The lowest BCUT2D eigenvalue weighted by Gasteiger charge is -2.29. The molecule has 3 fully saturated rings. The minimum Gasteiger partial charge on any atom is -0.484 e. The number of fused-ring (bicyclic) bond motifs is 6. The molecule has 12 heavy (non-hydrogen) atoms. The van der Waals surface area contributed by atoms with E-state index in [9.17, 15) is 4.79 Å². The summed E-state index contributed by atoms with van der Waals surface area (Å²) in [5.41, 5.74) is 0. The first kappa shape index (κ1) is 8.03. The van der Waals surface area contributed by atoms with Gasteiger partial charge in [-0.1, -0.05) is 0 Å². The predicted molar refractivity (Wildman–Crippen MR) is 40.2 cm³/mol. The highest BCUT2D eigenvalue weighted by Crippen LogP contribution is 2.05. The van der Waals surface area contributed by atoms with Crippen LogP contribution in [-0.2, 0) is 18.8 Å². The minimum atomic E-state index is -0.778. The van der Waals surface area contributed by atoms with Gasteiger partial charge in [-0.2, -0.15) is 0 Å². The smallest absolute Gasteiger partial charge is 0.484 e. The molecule has 3 rings (SSSR count). The second-order valence-electron chi connectivity index (χ2n) is 2.80. The second-order valence-corrected chi connectivity index (χ2v) is 2.80. The zero-order valence-electron chi connectivity index (χ0n) is 6.69. The molecule has 3 aliphatic heterocycles. The van der Waals surface area contributed by atoms with Gasteiger partial charge in [0, 0.05) is 26.3 Å². The van der Waals surface area contributed by atoms with Crippen molar-refractivity contribution in [1.82, 2.24) is 4.90 Å². The highest BCUT2D eigenvalue weighted by molar-refractivity contribution is 6.39. The van der Waals surface area contributed by atoms with Gasteiger partial charge in [-0.3, -0.25) is 9.69 Å². The van der Waals surface area contributed by atoms with Crippen LogP contribution in [0.3, 0.4) is 0 Å². The molecule has 0 amide bonds. The number of carbonyl (C=O) groups excluding carboxylic acids is 1. The number of carbonyl (C=O) groups is 1. The minimum absolute atomic E-state index is 0.278. The zero-order chi connectivity index (χ0) is 8.39. The molecule has 0 aromatic rings. The Bertz CT molecular complexity index is 162.